The Bertz CT molecular complexity index is 747. The molecule has 5 nitrogen and oxygen atoms in total. The number of likely N-dealkylation sites (tertiary alicyclic amines) is 1. The number of nitrogens with zero attached hydrogens (tertiary/aromatic N) is 1. The van der Waals surface area contributed by atoms with Crippen molar-refractivity contribution in [3.8, 4) is 0 Å². The van der Waals surface area contributed by atoms with Gasteiger partial charge in [-0.05, 0) is 51.0 Å². The first-order valence-electron chi connectivity index (χ1n) is 9.20. The second-order valence-corrected chi connectivity index (χ2v) is 7.09. The molecule has 26 heavy (non-hydrogen) atoms. The van der Waals surface area contributed by atoms with Crippen molar-refractivity contribution in [1.29, 1.82) is 0 Å². The third-order valence-corrected chi connectivity index (χ3v) is 4.80. The number of furan rings is 1. The maximum absolute atomic E-state index is 12.8. The van der Waals surface area contributed by atoms with Crippen molar-refractivity contribution >= 4 is 11.8 Å². The molecule has 0 unspecified atom stereocenters. The summed E-state index contributed by atoms with van der Waals surface area (Å²) in [6, 6.07) is 9.64. The number of hydrogen-bond donors (Lipinski definition) is 1. The number of carbonyl (C=O) groups is 2. The maximum Gasteiger partial charge on any atom is 0.253 e. The lowest BCUT2D eigenvalue weighted by Crippen LogP contribution is -2.45. The van der Waals surface area contributed by atoms with E-state index in [0.29, 0.717) is 31.6 Å². The largest absolute Gasteiger partial charge is 0.469 e. The SMILES string of the molecule is Cc1cc(C)cc(C(=O)N2CCC[C@@H](C(=O)NCCc3ccco3)C2)c1. The van der Waals surface area contributed by atoms with Gasteiger partial charge in [0.05, 0.1) is 12.2 Å². The zero-order valence-corrected chi connectivity index (χ0v) is 15.5. The minimum atomic E-state index is -0.143. The molecule has 0 saturated carbocycles. The van der Waals surface area contributed by atoms with Crippen molar-refractivity contribution in [1.82, 2.24) is 10.2 Å². The zero-order chi connectivity index (χ0) is 18.5. The molecule has 0 spiro atoms. The summed E-state index contributed by atoms with van der Waals surface area (Å²) in [5.74, 6) is 0.759. The molecule has 3 rings (SSSR count). The Balaban J connectivity index is 1.56. The van der Waals surface area contributed by atoms with E-state index < -0.39 is 0 Å². The second-order valence-electron chi connectivity index (χ2n) is 7.09. The highest BCUT2D eigenvalue weighted by Crippen LogP contribution is 2.20. The van der Waals surface area contributed by atoms with Gasteiger partial charge in [-0.1, -0.05) is 17.2 Å². The highest BCUT2D eigenvalue weighted by atomic mass is 16.3. The van der Waals surface area contributed by atoms with Gasteiger partial charge in [-0.15, -0.1) is 0 Å². The van der Waals surface area contributed by atoms with E-state index in [0.717, 1.165) is 29.7 Å². The summed E-state index contributed by atoms with van der Waals surface area (Å²) in [5, 5.41) is 2.97. The van der Waals surface area contributed by atoms with Crippen LogP contribution in [0.15, 0.2) is 41.0 Å². The Morgan fingerprint density at radius 3 is 2.69 bits per heavy atom. The van der Waals surface area contributed by atoms with Gasteiger partial charge in [0, 0.05) is 31.6 Å². The summed E-state index contributed by atoms with van der Waals surface area (Å²) < 4.78 is 5.27. The molecular weight excluding hydrogens is 328 g/mol. The molecule has 1 atom stereocenters. The van der Waals surface area contributed by atoms with Crippen LogP contribution >= 0.6 is 0 Å². The maximum atomic E-state index is 12.8. The predicted octanol–water partition coefficient (Wildman–Crippen LogP) is 3.11. The fraction of sp³-hybridized carbons (Fsp3) is 0.429. The van der Waals surface area contributed by atoms with Gasteiger partial charge in [-0.2, -0.15) is 0 Å². The molecule has 1 saturated heterocycles. The number of benzene rings is 1. The average Bonchev–Trinajstić information content (AvgIpc) is 3.13. The molecule has 1 aromatic carbocycles. The van der Waals surface area contributed by atoms with Crippen LogP contribution < -0.4 is 5.32 Å². The third kappa shape index (κ3) is 4.54. The van der Waals surface area contributed by atoms with Crippen molar-refractivity contribution in [2.45, 2.75) is 33.1 Å². The Labute approximate surface area is 154 Å². The summed E-state index contributed by atoms with van der Waals surface area (Å²) in [4.78, 5) is 27.1. The first kappa shape index (κ1) is 18.2. The molecule has 5 heteroatoms. The fourth-order valence-electron chi connectivity index (χ4n) is 3.56. The Hall–Kier alpha value is -2.56. The van der Waals surface area contributed by atoms with E-state index in [1.54, 1.807) is 6.26 Å². The molecule has 2 heterocycles. The first-order chi connectivity index (χ1) is 12.5. The summed E-state index contributed by atoms with van der Waals surface area (Å²) in [7, 11) is 0. The van der Waals surface area contributed by atoms with Gasteiger partial charge >= 0.3 is 0 Å². The quantitative estimate of drug-likeness (QED) is 0.897. The van der Waals surface area contributed by atoms with E-state index in [9.17, 15) is 9.59 Å². The summed E-state index contributed by atoms with van der Waals surface area (Å²) >= 11 is 0. The number of aryl methyl sites for hydroxylation is 2. The molecule has 1 aliphatic heterocycles. The molecule has 1 aromatic heterocycles. The molecule has 1 aliphatic rings. The monoisotopic (exact) mass is 354 g/mol. The molecule has 1 N–H and O–H groups in total. The molecular formula is C21H26N2O3. The molecule has 0 bridgehead atoms. The van der Waals surface area contributed by atoms with Gasteiger partial charge in [0.1, 0.15) is 5.76 Å². The number of rotatable bonds is 5. The number of nitrogens with one attached hydrogen (secondary N) is 1. The van der Waals surface area contributed by atoms with Crippen LogP contribution in [0.1, 0.15) is 40.1 Å². The van der Waals surface area contributed by atoms with Crippen molar-refractivity contribution in [2.75, 3.05) is 19.6 Å². The molecule has 0 aliphatic carbocycles. The third-order valence-electron chi connectivity index (χ3n) is 4.80. The van der Waals surface area contributed by atoms with Crippen LogP contribution in [0.25, 0.3) is 0 Å². The van der Waals surface area contributed by atoms with Gasteiger partial charge in [0.25, 0.3) is 5.91 Å². The summed E-state index contributed by atoms with van der Waals surface area (Å²) in [6.07, 6.45) is 3.99. The lowest BCUT2D eigenvalue weighted by Gasteiger charge is -2.32. The van der Waals surface area contributed by atoms with Crippen molar-refractivity contribution in [2.24, 2.45) is 5.92 Å². The Morgan fingerprint density at radius 2 is 2.00 bits per heavy atom. The average molecular weight is 354 g/mol. The Morgan fingerprint density at radius 1 is 1.23 bits per heavy atom. The van der Waals surface area contributed by atoms with Crippen LogP contribution in [-0.4, -0.2) is 36.3 Å². The minimum absolute atomic E-state index is 0.0184. The van der Waals surface area contributed by atoms with Gasteiger partial charge < -0.3 is 14.6 Å². The number of amides is 2. The van der Waals surface area contributed by atoms with Crippen molar-refractivity contribution in [3.63, 3.8) is 0 Å². The van der Waals surface area contributed by atoms with Gasteiger partial charge in [-0.25, -0.2) is 0 Å². The van der Waals surface area contributed by atoms with E-state index in [-0.39, 0.29) is 17.7 Å². The van der Waals surface area contributed by atoms with E-state index in [1.165, 1.54) is 0 Å². The standard InChI is InChI=1S/C21H26N2O3/c1-15-11-16(2)13-18(12-15)21(25)23-9-3-5-17(14-23)20(24)22-8-7-19-6-4-10-26-19/h4,6,10-13,17H,3,5,7-9,14H2,1-2H3,(H,22,24)/t17-/m1/s1. The van der Waals surface area contributed by atoms with Crippen LogP contribution in [-0.2, 0) is 11.2 Å². The second kappa shape index (κ2) is 8.21. The Kier molecular flexibility index (Phi) is 5.76. The lowest BCUT2D eigenvalue weighted by molar-refractivity contribution is -0.126. The number of carbonyl (C=O) groups excluding carboxylic acids is 2. The van der Waals surface area contributed by atoms with Crippen molar-refractivity contribution in [3.05, 3.63) is 59.0 Å². The van der Waals surface area contributed by atoms with Crippen LogP contribution in [0.4, 0.5) is 0 Å². The van der Waals surface area contributed by atoms with E-state index in [2.05, 4.69) is 11.4 Å². The molecule has 2 aromatic rings. The zero-order valence-electron chi connectivity index (χ0n) is 15.5. The predicted molar refractivity (Wildman–Crippen MR) is 100.0 cm³/mol. The van der Waals surface area contributed by atoms with Crippen LogP contribution in [0.3, 0.4) is 0 Å². The smallest absolute Gasteiger partial charge is 0.253 e. The van der Waals surface area contributed by atoms with Crippen LogP contribution in [0, 0.1) is 19.8 Å². The van der Waals surface area contributed by atoms with Crippen LogP contribution in [0.5, 0.6) is 0 Å². The molecule has 2 amide bonds. The topological polar surface area (TPSA) is 62.6 Å². The highest BCUT2D eigenvalue weighted by Gasteiger charge is 2.28. The highest BCUT2D eigenvalue weighted by molar-refractivity contribution is 5.95. The summed E-state index contributed by atoms with van der Waals surface area (Å²) in [5.41, 5.74) is 2.87. The van der Waals surface area contributed by atoms with Gasteiger partial charge in [-0.3, -0.25) is 9.59 Å². The van der Waals surface area contributed by atoms with Gasteiger partial charge in [0.2, 0.25) is 5.91 Å². The molecule has 138 valence electrons. The minimum Gasteiger partial charge on any atom is -0.469 e. The lowest BCUT2D eigenvalue weighted by atomic mass is 9.96. The normalized spacial score (nSPS) is 17.2. The van der Waals surface area contributed by atoms with E-state index >= 15 is 0 Å². The summed E-state index contributed by atoms with van der Waals surface area (Å²) in [6.45, 7) is 5.73. The number of piperidine rings is 1. The fourth-order valence-corrected chi connectivity index (χ4v) is 3.56. The molecule has 0 radical (unpaired) electrons. The first-order valence-corrected chi connectivity index (χ1v) is 9.20. The molecule has 1 fully saturated rings. The number of hydrogen-bond acceptors (Lipinski definition) is 3. The van der Waals surface area contributed by atoms with Gasteiger partial charge in [0.15, 0.2) is 0 Å². The van der Waals surface area contributed by atoms with Crippen molar-refractivity contribution < 1.29 is 14.0 Å². The van der Waals surface area contributed by atoms with Crippen LogP contribution in [0.2, 0.25) is 0 Å². The van der Waals surface area contributed by atoms with E-state index in [1.807, 2.05) is 43.0 Å². The van der Waals surface area contributed by atoms with E-state index in [4.69, 9.17) is 4.42 Å².